The third-order valence-corrected chi connectivity index (χ3v) is 10.5. The molecular weight excluding hydrogens is 404 g/mol. The molecule has 0 bridgehead atoms. The van der Waals surface area contributed by atoms with Crippen molar-refractivity contribution < 1.29 is 9.90 Å². The molecule has 0 saturated heterocycles. The lowest BCUT2D eigenvalue weighted by atomic mass is 9.49. The van der Waals surface area contributed by atoms with E-state index in [-0.39, 0.29) is 11.3 Å². The largest absolute Gasteiger partial charge is 0.390 e. The number of hydrogen-bond acceptors (Lipinski definition) is 2. The highest BCUT2D eigenvalue weighted by atomic mass is 16.3. The Balaban J connectivity index is 1.36. The zero-order valence-electron chi connectivity index (χ0n) is 20.6. The van der Waals surface area contributed by atoms with Crippen LogP contribution < -0.4 is 0 Å². The van der Waals surface area contributed by atoms with Crippen LogP contribution in [-0.4, -0.2) is 16.5 Å². The highest BCUT2D eigenvalue weighted by Gasteiger charge is 2.58. The van der Waals surface area contributed by atoms with E-state index in [1.165, 1.54) is 38.5 Å². The summed E-state index contributed by atoms with van der Waals surface area (Å²) in [6, 6.07) is 6.13. The Morgan fingerprint density at radius 1 is 1.06 bits per heavy atom. The average molecular weight is 445 g/mol. The molecule has 2 heteroatoms. The van der Waals surface area contributed by atoms with Crippen LogP contribution in [-0.2, 0) is 0 Å². The SMILES string of the molecule is C#C/C=C\c1cc(C(=O)[C@H]2CC[C@H]3[C@@H]4CC[C@H]5C[C@](C)(O)CC[C@@H]5[C@H]4CC[C@]23C)ccc1C. The van der Waals surface area contributed by atoms with Crippen LogP contribution in [0.2, 0.25) is 0 Å². The Bertz CT molecular complexity index is 995. The van der Waals surface area contributed by atoms with E-state index in [0.717, 1.165) is 53.7 Å². The molecule has 4 saturated carbocycles. The maximum atomic E-state index is 13.8. The third-order valence-electron chi connectivity index (χ3n) is 10.5. The van der Waals surface area contributed by atoms with Gasteiger partial charge in [-0.15, -0.1) is 6.42 Å². The molecule has 0 aromatic heterocycles. The number of rotatable bonds is 3. The van der Waals surface area contributed by atoms with Crippen molar-refractivity contribution in [3.8, 4) is 12.3 Å². The second kappa shape index (κ2) is 8.42. The minimum Gasteiger partial charge on any atom is -0.390 e. The number of aryl methyl sites for hydroxylation is 1. The summed E-state index contributed by atoms with van der Waals surface area (Å²) in [5.41, 5.74) is 2.73. The van der Waals surface area contributed by atoms with Gasteiger partial charge in [0.15, 0.2) is 5.78 Å². The molecule has 1 N–H and O–H groups in total. The van der Waals surface area contributed by atoms with Gasteiger partial charge in [0.1, 0.15) is 0 Å². The lowest BCUT2D eigenvalue weighted by molar-refractivity contribution is -0.0976. The number of carbonyl (C=O) groups excluding carboxylic acids is 1. The number of hydrogen-bond donors (Lipinski definition) is 1. The molecule has 4 aliphatic rings. The van der Waals surface area contributed by atoms with Crippen LogP contribution in [0.15, 0.2) is 24.3 Å². The first-order chi connectivity index (χ1) is 15.7. The maximum absolute atomic E-state index is 13.8. The Kier molecular flexibility index (Phi) is 5.85. The number of fused-ring (bicyclic) bond motifs is 5. The van der Waals surface area contributed by atoms with E-state index >= 15 is 0 Å². The summed E-state index contributed by atoms with van der Waals surface area (Å²) in [5.74, 6) is 6.82. The van der Waals surface area contributed by atoms with Crippen LogP contribution in [0.5, 0.6) is 0 Å². The van der Waals surface area contributed by atoms with Crippen LogP contribution in [0.25, 0.3) is 6.08 Å². The standard InChI is InChI=1S/C31H40O2/c1-5-6-7-21-18-22(9-8-20(21)2)29(32)28-13-12-27-26-11-10-23-19-30(3,33)16-14-24(23)25(26)15-17-31(27,28)4/h1,6-9,18,23-28,33H,10-17,19H2,2-4H3/b7-6-/t23-,24-,25+,26+,27-,28+,30+,31-/m0/s1. The van der Waals surface area contributed by atoms with Crippen LogP contribution in [0.3, 0.4) is 0 Å². The zero-order chi connectivity index (χ0) is 23.4. The summed E-state index contributed by atoms with van der Waals surface area (Å²) in [6.07, 6.45) is 19.5. The van der Waals surface area contributed by atoms with Gasteiger partial charge < -0.3 is 5.11 Å². The number of terminal acetylenes is 1. The minimum atomic E-state index is -0.454. The number of allylic oxidation sites excluding steroid dienone is 1. The van der Waals surface area contributed by atoms with Crippen molar-refractivity contribution in [1.82, 2.24) is 0 Å². The molecule has 176 valence electrons. The summed E-state index contributed by atoms with van der Waals surface area (Å²) in [4.78, 5) is 13.8. The fourth-order valence-corrected chi connectivity index (χ4v) is 8.82. The van der Waals surface area contributed by atoms with Crippen LogP contribution in [0, 0.1) is 60.2 Å². The molecule has 0 unspecified atom stereocenters. The maximum Gasteiger partial charge on any atom is 0.166 e. The van der Waals surface area contributed by atoms with Gasteiger partial charge in [-0.3, -0.25) is 4.79 Å². The summed E-state index contributed by atoms with van der Waals surface area (Å²) in [7, 11) is 0. The lowest BCUT2D eigenvalue weighted by Gasteiger charge is -2.56. The molecule has 4 fully saturated rings. The van der Waals surface area contributed by atoms with Gasteiger partial charge in [0, 0.05) is 11.5 Å². The Morgan fingerprint density at radius 3 is 2.64 bits per heavy atom. The molecule has 0 aliphatic heterocycles. The van der Waals surface area contributed by atoms with Gasteiger partial charge in [0.2, 0.25) is 0 Å². The zero-order valence-corrected chi connectivity index (χ0v) is 20.6. The Morgan fingerprint density at radius 2 is 1.85 bits per heavy atom. The molecule has 1 aromatic carbocycles. The van der Waals surface area contributed by atoms with E-state index < -0.39 is 5.60 Å². The number of carbonyl (C=O) groups is 1. The molecule has 0 radical (unpaired) electrons. The number of benzene rings is 1. The van der Waals surface area contributed by atoms with E-state index in [4.69, 9.17) is 6.42 Å². The molecule has 33 heavy (non-hydrogen) atoms. The normalized spacial score (nSPS) is 42.3. The second-order valence-electron chi connectivity index (χ2n) is 12.3. The van der Waals surface area contributed by atoms with E-state index in [0.29, 0.717) is 17.6 Å². The van der Waals surface area contributed by atoms with Crippen molar-refractivity contribution in [3.05, 3.63) is 41.0 Å². The summed E-state index contributed by atoms with van der Waals surface area (Å²) < 4.78 is 0. The molecule has 1 aromatic rings. The van der Waals surface area contributed by atoms with Gasteiger partial charge in [-0.1, -0.05) is 25.0 Å². The fraction of sp³-hybridized carbons (Fsp3) is 0.645. The predicted octanol–water partition coefficient (Wildman–Crippen LogP) is 6.84. The number of Topliss-reactive ketones (excluding diaryl/α,β-unsaturated/α-hetero) is 1. The number of aliphatic hydroxyl groups is 1. The van der Waals surface area contributed by atoms with Gasteiger partial charge in [0.25, 0.3) is 0 Å². The average Bonchev–Trinajstić information content (AvgIpc) is 3.14. The molecule has 4 aliphatic carbocycles. The first-order valence-electron chi connectivity index (χ1n) is 13.2. The van der Waals surface area contributed by atoms with E-state index in [2.05, 4.69) is 25.8 Å². The topological polar surface area (TPSA) is 37.3 Å². The van der Waals surface area contributed by atoms with Crippen molar-refractivity contribution in [3.63, 3.8) is 0 Å². The summed E-state index contributed by atoms with van der Waals surface area (Å²) in [6.45, 7) is 6.55. The Hall–Kier alpha value is -1.85. The van der Waals surface area contributed by atoms with Gasteiger partial charge in [-0.05, 0) is 136 Å². The van der Waals surface area contributed by atoms with Crippen molar-refractivity contribution >= 4 is 11.9 Å². The quantitative estimate of drug-likeness (QED) is 0.409. The van der Waals surface area contributed by atoms with Crippen molar-refractivity contribution in [2.24, 2.45) is 40.9 Å². The monoisotopic (exact) mass is 444 g/mol. The molecule has 2 nitrogen and oxygen atoms in total. The van der Waals surface area contributed by atoms with Gasteiger partial charge in [-0.2, -0.15) is 0 Å². The van der Waals surface area contributed by atoms with Gasteiger partial charge in [-0.25, -0.2) is 0 Å². The molecule has 0 amide bonds. The van der Waals surface area contributed by atoms with E-state index in [1.807, 2.05) is 25.1 Å². The first kappa shape index (κ1) is 22.9. The van der Waals surface area contributed by atoms with Crippen LogP contribution in [0.4, 0.5) is 0 Å². The second-order valence-corrected chi connectivity index (χ2v) is 12.3. The minimum absolute atomic E-state index is 0.130. The van der Waals surface area contributed by atoms with Gasteiger partial charge >= 0.3 is 0 Å². The summed E-state index contributed by atoms with van der Waals surface area (Å²) in [5, 5.41) is 10.6. The lowest BCUT2D eigenvalue weighted by Crippen LogP contribution is -2.51. The first-order valence-corrected chi connectivity index (χ1v) is 13.2. The molecule has 0 heterocycles. The molecule has 5 rings (SSSR count). The fourth-order valence-electron chi connectivity index (χ4n) is 8.82. The smallest absolute Gasteiger partial charge is 0.166 e. The van der Waals surface area contributed by atoms with Crippen molar-refractivity contribution in [2.45, 2.75) is 84.2 Å². The van der Waals surface area contributed by atoms with Crippen LogP contribution in [0.1, 0.15) is 93.1 Å². The van der Waals surface area contributed by atoms with Crippen molar-refractivity contribution in [2.75, 3.05) is 0 Å². The van der Waals surface area contributed by atoms with Crippen molar-refractivity contribution in [1.29, 1.82) is 0 Å². The predicted molar refractivity (Wildman–Crippen MR) is 135 cm³/mol. The van der Waals surface area contributed by atoms with E-state index in [9.17, 15) is 9.90 Å². The highest BCUT2D eigenvalue weighted by Crippen LogP contribution is 2.65. The number of ketones is 1. The Labute approximate surface area is 200 Å². The van der Waals surface area contributed by atoms with Gasteiger partial charge in [0.05, 0.1) is 5.60 Å². The summed E-state index contributed by atoms with van der Waals surface area (Å²) >= 11 is 0. The van der Waals surface area contributed by atoms with E-state index in [1.54, 1.807) is 6.08 Å². The highest BCUT2D eigenvalue weighted by molar-refractivity contribution is 5.99. The van der Waals surface area contributed by atoms with Crippen LogP contribution >= 0.6 is 0 Å². The third kappa shape index (κ3) is 3.91. The molecule has 0 spiro atoms. The molecular formula is C31H40O2. The molecule has 8 atom stereocenters.